The highest BCUT2D eigenvalue weighted by atomic mass is 35.5. The number of alkyl halides is 3. The molecule has 0 saturated heterocycles. The molecule has 10 heteroatoms. The molecule has 172 valence electrons. The first-order chi connectivity index (χ1) is 15.5. The molecule has 6 nitrogen and oxygen atoms in total. The summed E-state index contributed by atoms with van der Waals surface area (Å²) in [7, 11) is 0. The van der Waals surface area contributed by atoms with Gasteiger partial charge in [0.1, 0.15) is 6.54 Å². The van der Waals surface area contributed by atoms with E-state index in [1.54, 1.807) is 36.5 Å². The van der Waals surface area contributed by atoms with E-state index < -0.39 is 24.5 Å². The maximum Gasteiger partial charge on any atom is 0.405 e. The van der Waals surface area contributed by atoms with E-state index in [1.807, 2.05) is 0 Å². The SMILES string of the molecule is Cc1ccc(C(=O)NCC(F)(F)F)cc1NC(=O)c1ccc(=O)n(Cc2ccccc2Cl)c1. The Morgan fingerprint density at radius 3 is 2.39 bits per heavy atom. The van der Waals surface area contributed by atoms with Crippen LogP contribution < -0.4 is 16.2 Å². The number of halogens is 4. The van der Waals surface area contributed by atoms with Crippen molar-refractivity contribution in [3.05, 3.63) is 98.4 Å². The van der Waals surface area contributed by atoms with Crippen LogP contribution in [-0.2, 0) is 6.54 Å². The van der Waals surface area contributed by atoms with Gasteiger partial charge in [0, 0.05) is 28.5 Å². The van der Waals surface area contributed by atoms with Crippen LogP contribution in [0.3, 0.4) is 0 Å². The molecule has 1 aromatic heterocycles. The number of nitrogens with zero attached hydrogens (tertiary/aromatic N) is 1. The highest BCUT2D eigenvalue weighted by molar-refractivity contribution is 6.31. The number of rotatable bonds is 6. The molecule has 0 bridgehead atoms. The molecule has 0 aliphatic heterocycles. The lowest BCUT2D eigenvalue weighted by Gasteiger charge is -2.13. The average Bonchev–Trinajstić information content (AvgIpc) is 2.76. The minimum atomic E-state index is -4.54. The fourth-order valence-corrected chi connectivity index (χ4v) is 3.17. The molecule has 3 aromatic rings. The average molecular weight is 478 g/mol. The number of carbonyl (C=O) groups excluding carboxylic acids is 2. The van der Waals surface area contributed by atoms with Crippen LogP contribution in [0.4, 0.5) is 18.9 Å². The quantitative estimate of drug-likeness (QED) is 0.552. The summed E-state index contributed by atoms with van der Waals surface area (Å²) in [4.78, 5) is 37.0. The first kappa shape index (κ1) is 24.1. The summed E-state index contributed by atoms with van der Waals surface area (Å²) in [6, 6.07) is 13.8. The Labute approximate surface area is 192 Å². The van der Waals surface area contributed by atoms with Crippen molar-refractivity contribution in [1.29, 1.82) is 0 Å². The molecule has 0 spiro atoms. The monoisotopic (exact) mass is 477 g/mol. The molecule has 3 rings (SSSR count). The number of amides is 2. The standard InChI is InChI=1S/C23H19ClF3N3O3/c1-14-6-7-15(21(32)28-13-23(25,26)27)10-19(14)29-22(33)17-8-9-20(31)30(12-17)11-16-4-2-3-5-18(16)24/h2-10,12H,11,13H2,1H3,(H,28,32)(H,29,33). The van der Waals surface area contributed by atoms with Gasteiger partial charge in [-0.3, -0.25) is 14.4 Å². The van der Waals surface area contributed by atoms with Crippen molar-refractivity contribution in [1.82, 2.24) is 9.88 Å². The van der Waals surface area contributed by atoms with Gasteiger partial charge < -0.3 is 15.2 Å². The first-order valence-corrected chi connectivity index (χ1v) is 10.1. The molecule has 1 heterocycles. The van der Waals surface area contributed by atoms with E-state index in [0.29, 0.717) is 16.1 Å². The predicted molar refractivity (Wildman–Crippen MR) is 119 cm³/mol. The smallest absolute Gasteiger partial charge is 0.343 e. The molecule has 33 heavy (non-hydrogen) atoms. The molecule has 2 N–H and O–H groups in total. The normalized spacial score (nSPS) is 11.2. The Kier molecular flexibility index (Phi) is 7.23. The molecule has 2 amide bonds. The Bertz CT molecular complexity index is 1260. The van der Waals surface area contributed by atoms with Crippen molar-refractivity contribution in [3.63, 3.8) is 0 Å². The summed E-state index contributed by atoms with van der Waals surface area (Å²) < 4.78 is 38.4. The summed E-state index contributed by atoms with van der Waals surface area (Å²) in [6.45, 7) is 0.368. The molecule has 2 aromatic carbocycles. The number of nitrogens with one attached hydrogen (secondary N) is 2. The van der Waals surface area contributed by atoms with Gasteiger partial charge in [0.2, 0.25) is 0 Å². The Morgan fingerprint density at radius 1 is 1.00 bits per heavy atom. The third kappa shape index (κ3) is 6.45. The molecular formula is C23H19ClF3N3O3. The Hall–Kier alpha value is -3.59. The zero-order valence-electron chi connectivity index (χ0n) is 17.4. The van der Waals surface area contributed by atoms with E-state index in [-0.39, 0.29) is 28.9 Å². The van der Waals surface area contributed by atoms with Crippen LogP contribution in [0, 0.1) is 6.92 Å². The lowest BCUT2D eigenvalue weighted by molar-refractivity contribution is -0.123. The highest BCUT2D eigenvalue weighted by Crippen LogP contribution is 2.19. The van der Waals surface area contributed by atoms with Crippen LogP contribution in [0.25, 0.3) is 0 Å². The third-order valence-corrected chi connectivity index (χ3v) is 5.11. The zero-order valence-corrected chi connectivity index (χ0v) is 18.1. The molecule has 0 saturated carbocycles. The van der Waals surface area contributed by atoms with Crippen molar-refractivity contribution >= 4 is 29.1 Å². The summed E-state index contributed by atoms with van der Waals surface area (Å²) in [5.41, 5.74) is 1.36. The largest absolute Gasteiger partial charge is 0.405 e. The maximum absolute atomic E-state index is 12.8. The van der Waals surface area contributed by atoms with Crippen molar-refractivity contribution in [2.24, 2.45) is 0 Å². The molecular weight excluding hydrogens is 459 g/mol. The molecule has 0 unspecified atom stereocenters. The van der Waals surface area contributed by atoms with E-state index in [9.17, 15) is 27.6 Å². The van der Waals surface area contributed by atoms with Crippen LogP contribution in [0.1, 0.15) is 31.8 Å². The number of hydrogen-bond donors (Lipinski definition) is 2. The summed E-state index contributed by atoms with van der Waals surface area (Å²) in [5.74, 6) is -1.48. The van der Waals surface area contributed by atoms with Crippen LogP contribution in [-0.4, -0.2) is 29.1 Å². The van der Waals surface area contributed by atoms with Crippen LogP contribution in [0.5, 0.6) is 0 Å². The van der Waals surface area contributed by atoms with Gasteiger partial charge in [-0.15, -0.1) is 0 Å². The van der Waals surface area contributed by atoms with Crippen molar-refractivity contribution in [3.8, 4) is 0 Å². The number of carbonyl (C=O) groups is 2. The van der Waals surface area contributed by atoms with Gasteiger partial charge in [-0.05, 0) is 42.3 Å². The lowest BCUT2D eigenvalue weighted by Crippen LogP contribution is -2.33. The van der Waals surface area contributed by atoms with E-state index in [1.165, 1.54) is 41.1 Å². The van der Waals surface area contributed by atoms with Gasteiger partial charge in [0.05, 0.1) is 12.1 Å². The fraction of sp³-hybridized carbons (Fsp3) is 0.174. The summed E-state index contributed by atoms with van der Waals surface area (Å²) in [5, 5.41) is 4.90. The molecule has 0 atom stereocenters. The van der Waals surface area contributed by atoms with Crippen molar-refractivity contribution in [2.45, 2.75) is 19.6 Å². The first-order valence-electron chi connectivity index (χ1n) is 9.74. The molecule has 0 radical (unpaired) electrons. The van der Waals surface area contributed by atoms with Gasteiger partial charge in [-0.25, -0.2) is 0 Å². The third-order valence-electron chi connectivity index (χ3n) is 4.74. The van der Waals surface area contributed by atoms with Gasteiger partial charge in [-0.1, -0.05) is 35.9 Å². The Morgan fingerprint density at radius 2 is 1.70 bits per heavy atom. The number of pyridine rings is 1. The number of benzene rings is 2. The number of hydrogen-bond acceptors (Lipinski definition) is 3. The van der Waals surface area contributed by atoms with Gasteiger partial charge >= 0.3 is 6.18 Å². The van der Waals surface area contributed by atoms with E-state index in [4.69, 9.17) is 11.6 Å². The molecule has 0 fully saturated rings. The van der Waals surface area contributed by atoms with Gasteiger partial charge in [-0.2, -0.15) is 13.2 Å². The highest BCUT2D eigenvalue weighted by Gasteiger charge is 2.28. The van der Waals surface area contributed by atoms with Gasteiger partial charge in [0.25, 0.3) is 17.4 Å². The summed E-state index contributed by atoms with van der Waals surface area (Å²) in [6.07, 6.45) is -3.15. The number of aryl methyl sites for hydroxylation is 1. The minimum Gasteiger partial charge on any atom is -0.343 e. The second-order valence-electron chi connectivity index (χ2n) is 7.26. The second kappa shape index (κ2) is 9.91. The maximum atomic E-state index is 12.8. The van der Waals surface area contributed by atoms with Crippen molar-refractivity contribution < 1.29 is 22.8 Å². The topological polar surface area (TPSA) is 80.2 Å². The Balaban J connectivity index is 1.79. The number of aromatic nitrogens is 1. The van der Waals surface area contributed by atoms with Crippen LogP contribution in [0.15, 0.2) is 65.6 Å². The zero-order chi connectivity index (χ0) is 24.2. The van der Waals surface area contributed by atoms with Crippen LogP contribution >= 0.6 is 11.6 Å². The molecule has 0 aliphatic rings. The molecule has 0 aliphatic carbocycles. The number of anilines is 1. The lowest BCUT2D eigenvalue weighted by atomic mass is 10.1. The fourth-order valence-electron chi connectivity index (χ4n) is 2.97. The van der Waals surface area contributed by atoms with E-state index in [2.05, 4.69) is 5.32 Å². The van der Waals surface area contributed by atoms with E-state index >= 15 is 0 Å². The predicted octanol–water partition coefficient (Wildman–Crippen LogP) is 4.40. The minimum absolute atomic E-state index is 0.0381. The van der Waals surface area contributed by atoms with Gasteiger partial charge in [0.15, 0.2) is 0 Å². The van der Waals surface area contributed by atoms with Crippen LogP contribution in [0.2, 0.25) is 5.02 Å². The van der Waals surface area contributed by atoms with E-state index in [0.717, 1.165) is 0 Å². The second-order valence-corrected chi connectivity index (χ2v) is 7.66. The summed E-state index contributed by atoms with van der Waals surface area (Å²) >= 11 is 6.15. The van der Waals surface area contributed by atoms with Crippen molar-refractivity contribution in [2.75, 3.05) is 11.9 Å².